The van der Waals surface area contributed by atoms with Crippen LogP contribution in [-0.4, -0.2) is 4.57 Å². The Morgan fingerprint density at radius 3 is 0.964 bits per heavy atom. The smallest absolute Gasteiger partial charge is 0.0541 e. The van der Waals surface area contributed by atoms with Crippen LogP contribution >= 0.6 is 0 Å². The molecule has 0 spiro atoms. The van der Waals surface area contributed by atoms with Gasteiger partial charge in [-0.1, -0.05) is 176 Å². The highest BCUT2D eigenvalue weighted by Gasteiger charge is 2.17. The van der Waals surface area contributed by atoms with Crippen molar-refractivity contribution in [3.05, 3.63) is 224 Å². The van der Waals surface area contributed by atoms with Crippen LogP contribution in [-0.2, 0) is 0 Å². The van der Waals surface area contributed by atoms with E-state index in [1.807, 2.05) is 0 Å². The largest absolute Gasteiger partial charge is 0.309 e. The number of fused-ring (bicyclic) bond motifs is 3. The lowest BCUT2D eigenvalue weighted by atomic mass is 9.91. The summed E-state index contributed by atoms with van der Waals surface area (Å²) in [4.78, 5) is 0. The van der Waals surface area contributed by atoms with E-state index in [1.54, 1.807) is 0 Å². The number of para-hydroxylation sites is 1. The number of hydrogen-bond donors (Lipinski definition) is 0. The molecular formula is C54H37N. The van der Waals surface area contributed by atoms with Gasteiger partial charge in [-0.05, 0) is 115 Å². The molecule has 0 saturated heterocycles. The Bertz CT molecular complexity index is 2770. The molecule has 1 heteroatoms. The molecule has 0 aliphatic heterocycles. The zero-order valence-corrected chi connectivity index (χ0v) is 30.3. The molecule has 0 unspecified atom stereocenters. The van der Waals surface area contributed by atoms with Crippen LogP contribution in [0.2, 0.25) is 0 Å². The summed E-state index contributed by atoms with van der Waals surface area (Å²) >= 11 is 0. The predicted molar refractivity (Wildman–Crippen MR) is 233 cm³/mol. The topological polar surface area (TPSA) is 4.93 Å². The Morgan fingerprint density at radius 1 is 0.218 bits per heavy atom. The molecule has 0 bridgehead atoms. The summed E-state index contributed by atoms with van der Waals surface area (Å²) in [5.74, 6) is 0. The molecule has 1 nitrogen and oxygen atoms in total. The zero-order chi connectivity index (χ0) is 36.6. The maximum atomic E-state index is 2.41. The molecule has 1 heterocycles. The van der Waals surface area contributed by atoms with Crippen LogP contribution in [0, 0.1) is 0 Å². The Hall–Kier alpha value is -7.22. The number of hydrogen-bond acceptors (Lipinski definition) is 0. The third-order valence-corrected chi connectivity index (χ3v) is 10.8. The highest BCUT2D eigenvalue weighted by Crippen LogP contribution is 2.41. The lowest BCUT2D eigenvalue weighted by Crippen LogP contribution is -1.93. The predicted octanol–water partition coefficient (Wildman–Crippen LogP) is 14.8. The maximum Gasteiger partial charge on any atom is 0.0541 e. The van der Waals surface area contributed by atoms with Crippen molar-refractivity contribution in [1.82, 2.24) is 4.57 Å². The van der Waals surface area contributed by atoms with Crippen molar-refractivity contribution in [1.29, 1.82) is 0 Å². The highest BCUT2D eigenvalue weighted by atomic mass is 15.0. The van der Waals surface area contributed by atoms with Crippen molar-refractivity contribution in [2.24, 2.45) is 0 Å². The number of benzene rings is 9. The summed E-state index contributed by atoms with van der Waals surface area (Å²) in [6.45, 7) is 0. The van der Waals surface area contributed by atoms with E-state index in [9.17, 15) is 0 Å². The van der Waals surface area contributed by atoms with Gasteiger partial charge in [-0.3, -0.25) is 0 Å². The molecule has 10 rings (SSSR count). The van der Waals surface area contributed by atoms with E-state index >= 15 is 0 Å². The van der Waals surface area contributed by atoms with Gasteiger partial charge in [0.15, 0.2) is 0 Å². The molecule has 1 aromatic heterocycles. The standard InChI is InChI=1S/C54H37N/c1-4-16-38(17-5-1)40-20-14-22-42(34-40)47-26-10-12-28-49(47)44-30-32-53-51(36-44)52-37-45(31-33-54(52)55(53)46-24-8-3-9-25-46)50-29-13-11-27-48(50)43-23-15-21-41(35-43)39-18-6-2-7-19-39/h1-37H. The SMILES string of the molecule is c1ccc(-c2cccc(-c3ccccc3-c3ccc4c(c3)c3cc(-c5ccccc5-c5cccc(-c6ccccc6)c5)ccc3n4-c3ccccc3)c2)cc1. The Labute approximate surface area is 322 Å². The molecule has 0 amide bonds. The molecule has 10 aromatic rings. The number of rotatable bonds is 7. The summed E-state index contributed by atoms with van der Waals surface area (Å²) < 4.78 is 2.41. The first kappa shape index (κ1) is 32.4. The molecule has 55 heavy (non-hydrogen) atoms. The third-order valence-electron chi connectivity index (χ3n) is 10.8. The van der Waals surface area contributed by atoms with Crippen molar-refractivity contribution < 1.29 is 0 Å². The summed E-state index contributed by atoms with van der Waals surface area (Å²) in [7, 11) is 0. The summed E-state index contributed by atoms with van der Waals surface area (Å²) in [5, 5.41) is 2.46. The highest BCUT2D eigenvalue weighted by molar-refractivity contribution is 6.12. The first-order chi connectivity index (χ1) is 27.3. The van der Waals surface area contributed by atoms with Gasteiger partial charge in [-0.15, -0.1) is 0 Å². The summed E-state index contributed by atoms with van der Waals surface area (Å²) in [5.41, 5.74) is 18.1. The van der Waals surface area contributed by atoms with Crippen molar-refractivity contribution in [2.45, 2.75) is 0 Å². The second kappa shape index (κ2) is 14.0. The van der Waals surface area contributed by atoms with E-state index in [0.29, 0.717) is 0 Å². The van der Waals surface area contributed by atoms with Crippen LogP contribution in [0.25, 0.3) is 94.3 Å². The van der Waals surface area contributed by atoms with Gasteiger partial charge < -0.3 is 4.57 Å². The van der Waals surface area contributed by atoms with Gasteiger partial charge in [-0.25, -0.2) is 0 Å². The molecule has 0 saturated carbocycles. The van der Waals surface area contributed by atoms with Crippen LogP contribution in [0.15, 0.2) is 224 Å². The fraction of sp³-hybridized carbons (Fsp3) is 0. The normalized spacial score (nSPS) is 11.3. The van der Waals surface area contributed by atoms with E-state index in [2.05, 4.69) is 229 Å². The van der Waals surface area contributed by atoms with Crippen LogP contribution in [0.4, 0.5) is 0 Å². The summed E-state index contributed by atoms with van der Waals surface area (Å²) in [6, 6.07) is 81.4. The van der Waals surface area contributed by atoms with E-state index in [1.165, 1.54) is 88.6 Å². The minimum absolute atomic E-state index is 1.15. The molecule has 0 radical (unpaired) electrons. The minimum Gasteiger partial charge on any atom is -0.309 e. The van der Waals surface area contributed by atoms with E-state index in [0.717, 1.165) is 5.69 Å². The molecule has 9 aromatic carbocycles. The van der Waals surface area contributed by atoms with Gasteiger partial charge in [0.25, 0.3) is 0 Å². The van der Waals surface area contributed by atoms with E-state index in [-0.39, 0.29) is 0 Å². The maximum absolute atomic E-state index is 2.41. The second-order valence-electron chi connectivity index (χ2n) is 14.1. The Kier molecular flexibility index (Phi) is 8.24. The second-order valence-corrected chi connectivity index (χ2v) is 14.1. The molecule has 0 N–H and O–H groups in total. The summed E-state index contributed by atoms with van der Waals surface area (Å²) in [6.07, 6.45) is 0. The van der Waals surface area contributed by atoms with Crippen LogP contribution < -0.4 is 0 Å². The van der Waals surface area contributed by atoms with Crippen molar-refractivity contribution in [2.75, 3.05) is 0 Å². The van der Waals surface area contributed by atoms with Gasteiger partial charge >= 0.3 is 0 Å². The lowest BCUT2D eigenvalue weighted by molar-refractivity contribution is 1.18. The van der Waals surface area contributed by atoms with Gasteiger partial charge in [0, 0.05) is 16.5 Å². The third kappa shape index (κ3) is 6.02. The van der Waals surface area contributed by atoms with Gasteiger partial charge in [0.2, 0.25) is 0 Å². The van der Waals surface area contributed by atoms with Gasteiger partial charge in [0.1, 0.15) is 0 Å². The number of nitrogens with zero attached hydrogens (tertiary/aromatic N) is 1. The lowest BCUT2D eigenvalue weighted by Gasteiger charge is -2.13. The quantitative estimate of drug-likeness (QED) is 0.156. The Balaban J connectivity index is 1.14. The van der Waals surface area contributed by atoms with Crippen molar-refractivity contribution in [3.8, 4) is 72.4 Å². The fourth-order valence-electron chi connectivity index (χ4n) is 8.18. The Morgan fingerprint density at radius 2 is 0.545 bits per heavy atom. The molecular weight excluding hydrogens is 663 g/mol. The molecule has 0 fully saturated rings. The van der Waals surface area contributed by atoms with Gasteiger partial charge in [-0.2, -0.15) is 0 Å². The van der Waals surface area contributed by atoms with Gasteiger partial charge in [0.05, 0.1) is 11.0 Å². The minimum atomic E-state index is 1.15. The van der Waals surface area contributed by atoms with Crippen LogP contribution in [0.3, 0.4) is 0 Å². The van der Waals surface area contributed by atoms with E-state index in [4.69, 9.17) is 0 Å². The zero-order valence-electron chi connectivity index (χ0n) is 30.3. The first-order valence-electron chi connectivity index (χ1n) is 18.9. The van der Waals surface area contributed by atoms with Crippen LogP contribution in [0.1, 0.15) is 0 Å². The monoisotopic (exact) mass is 699 g/mol. The average molecular weight is 700 g/mol. The average Bonchev–Trinajstić information content (AvgIpc) is 3.60. The molecule has 0 atom stereocenters. The van der Waals surface area contributed by atoms with Crippen molar-refractivity contribution in [3.63, 3.8) is 0 Å². The molecule has 0 aliphatic rings. The number of aromatic nitrogens is 1. The molecule has 258 valence electrons. The van der Waals surface area contributed by atoms with Crippen molar-refractivity contribution >= 4 is 21.8 Å². The fourth-order valence-corrected chi connectivity index (χ4v) is 8.18. The first-order valence-corrected chi connectivity index (χ1v) is 18.9. The van der Waals surface area contributed by atoms with E-state index < -0.39 is 0 Å². The van der Waals surface area contributed by atoms with Crippen LogP contribution in [0.5, 0.6) is 0 Å². The molecule has 0 aliphatic carbocycles.